The molecule has 9 heteroatoms. The second-order valence-corrected chi connectivity index (χ2v) is 9.30. The minimum Gasteiger partial charge on any atom is -0.357 e. The molecule has 1 aromatic heterocycles. The molecule has 3 aromatic rings. The minimum absolute atomic E-state index is 0.247. The fourth-order valence-corrected chi connectivity index (χ4v) is 4.85. The van der Waals surface area contributed by atoms with Crippen LogP contribution in [0.3, 0.4) is 0 Å². The Morgan fingerprint density at radius 2 is 1.74 bits per heavy atom. The molecule has 2 aliphatic heterocycles. The van der Waals surface area contributed by atoms with E-state index in [0.717, 1.165) is 49.4 Å². The highest BCUT2D eigenvalue weighted by Crippen LogP contribution is 2.38. The zero-order valence-corrected chi connectivity index (χ0v) is 19.6. The van der Waals surface area contributed by atoms with Crippen LogP contribution in [0.25, 0.3) is 0 Å². The van der Waals surface area contributed by atoms with Gasteiger partial charge in [0.25, 0.3) is 0 Å². The Bertz CT molecular complexity index is 1190. The van der Waals surface area contributed by atoms with Crippen LogP contribution >= 0.6 is 11.6 Å². The summed E-state index contributed by atoms with van der Waals surface area (Å²) in [7, 11) is 0. The first-order valence-electron chi connectivity index (χ1n) is 11.5. The zero-order valence-electron chi connectivity index (χ0n) is 18.9. The highest BCUT2D eigenvalue weighted by molar-refractivity contribution is 6.30. The maximum atomic E-state index is 13.5. The summed E-state index contributed by atoms with van der Waals surface area (Å²) in [5, 5.41) is 0.511. The van der Waals surface area contributed by atoms with Crippen LogP contribution in [0, 0.1) is 0 Å². The molecule has 5 rings (SSSR count). The molecule has 3 heterocycles. The number of carbonyl (C=O) groups excluding carboxylic acids is 1. The average Bonchev–Trinajstić information content (AvgIpc) is 3.49. The van der Waals surface area contributed by atoms with E-state index >= 15 is 0 Å². The number of pyridine rings is 1. The number of benzene rings is 2. The fourth-order valence-electron chi connectivity index (χ4n) is 4.72. The highest BCUT2D eigenvalue weighted by Gasteiger charge is 2.40. The average molecular weight is 501 g/mol. The van der Waals surface area contributed by atoms with Crippen molar-refractivity contribution in [3.05, 3.63) is 88.6 Å². The van der Waals surface area contributed by atoms with E-state index in [9.17, 15) is 18.0 Å². The monoisotopic (exact) mass is 500 g/mol. The van der Waals surface area contributed by atoms with Crippen molar-refractivity contribution in [1.29, 1.82) is 0 Å². The predicted molar refractivity (Wildman–Crippen MR) is 130 cm³/mol. The maximum Gasteiger partial charge on any atom is 0.416 e. The Morgan fingerprint density at radius 1 is 1.00 bits per heavy atom. The lowest BCUT2D eigenvalue weighted by Crippen LogP contribution is -2.32. The van der Waals surface area contributed by atoms with Crippen LogP contribution in [0.2, 0.25) is 5.02 Å². The molecule has 2 amide bonds. The molecule has 35 heavy (non-hydrogen) atoms. The third-order valence-electron chi connectivity index (χ3n) is 6.50. The van der Waals surface area contributed by atoms with E-state index in [0.29, 0.717) is 22.8 Å². The van der Waals surface area contributed by atoms with E-state index in [1.54, 1.807) is 41.4 Å². The molecular weight excluding hydrogens is 477 g/mol. The highest BCUT2D eigenvalue weighted by atomic mass is 35.5. The molecule has 2 fully saturated rings. The lowest BCUT2D eigenvalue weighted by Gasteiger charge is -2.24. The van der Waals surface area contributed by atoms with E-state index in [-0.39, 0.29) is 12.6 Å². The van der Waals surface area contributed by atoms with Gasteiger partial charge in [-0.1, -0.05) is 29.8 Å². The molecule has 0 spiro atoms. The van der Waals surface area contributed by atoms with Crippen LogP contribution in [0.4, 0.5) is 29.5 Å². The van der Waals surface area contributed by atoms with Gasteiger partial charge in [-0.15, -0.1) is 0 Å². The summed E-state index contributed by atoms with van der Waals surface area (Å²) >= 11 is 6.03. The Balaban J connectivity index is 1.43. The summed E-state index contributed by atoms with van der Waals surface area (Å²) in [5.41, 5.74) is 1.13. The van der Waals surface area contributed by atoms with Crippen molar-refractivity contribution in [2.75, 3.05) is 29.4 Å². The number of hydrogen-bond donors (Lipinski definition) is 0. The molecule has 0 radical (unpaired) electrons. The van der Waals surface area contributed by atoms with Crippen LogP contribution in [-0.4, -0.2) is 35.5 Å². The van der Waals surface area contributed by atoms with Crippen molar-refractivity contribution in [3.8, 4) is 0 Å². The van der Waals surface area contributed by atoms with E-state index in [4.69, 9.17) is 11.6 Å². The molecule has 2 aromatic carbocycles. The number of amides is 2. The number of halogens is 4. The first kappa shape index (κ1) is 23.5. The largest absolute Gasteiger partial charge is 0.416 e. The summed E-state index contributed by atoms with van der Waals surface area (Å²) in [5.74, 6) is 0.920. The minimum atomic E-state index is -4.47. The van der Waals surface area contributed by atoms with Crippen LogP contribution in [0.1, 0.15) is 35.6 Å². The van der Waals surface area contributed by atoms with Gasteiger partial charge >= 0.3 is 12.2 Å². The van der Waals surface area contributed by atoms with Crippen molar-refractivity contribution < 1.29 is 18.0 Å². The van der Waals surface area contributed by atoms with Crippen LogP contribution in [0.15, 0.2) is 66.9 Å². The molecular formula is C26H24ClF3N4O. The molecule has 5 nitrogen and oxygen atoms in total. The Hall–Kier alpha value is -3.26. The first-order chi connectivity index (χ1) is 16.8. The summed E-state index contributed by atoms with van der Waals surface area (Å²) < 4.78 is 40.2. The molecule has 0 N–H and O–H groups in total. The summed E-state index contributed by atoms with van der Waals surface area (Å²) in [4.78, 5) is 23.5. The third kappa shape index (κ3) is 4.93. The van der Waals surface area contributed by atoms with Gasteiger partial charge in [0.15, 0.2) is 0 Å². The van der Waals surface area contributed by atoms with E-state index in [1.807, 2.05) is 12.1 Å². The van der Waals surface area contributed by atoms with Gasteiger partial charge in [0.2, 0.25) is 0 Å². The van der Waals surface area contributed by atoms with Gasteiger partial charge in [0, 0.05) is 43.1 Å². The summed E-state index contributed by atoms with van der Waals surface area (Å²) in [6.45, 7) is 2.54. The lowest BCUT2D eigenvalue weighted by molar-refractivity contribution is -0.137. The first-order valence-corrected chi connectivity index (χ1v) is 11.9. The fraction of sp³-hybridized carbons (Fsp3) is 0.308. The quantitative estimate of drug-likeness (QED) is 0.399. The summed E-state index contributed by atoms with van der Waals surface area (Å²) in [6, 6.07) is 15.0. The van der Waals surface area contributed by atoms with Gasteiger partial charge in [0.1, 0.15) is 5.82 Å². The third-order valence-corrected chi connectivity index (χ3v) is 6.75. The van der Waals surface area contributed by atoms with Crippen molar-refractivity contribution >= 4 is 29.1 Å². The van der Waals surface area contributed by atoms with Crippen molar-refractivity contribution in [2.45, 2.75) is 31.6 Å². The van der Waals surface area contributed by atoms with Crippen LogP contribution < -0.4 is 9.80 Å². The zero-order chi connectivity index (χ0) is 24.6. The van der Waals surface area contributed by atoms with Gasteiger partial charge in [-0.05, 0) is 66.4 Å². The van der Waals surface area contributed by atoms with Gasteiger partial charge < -0.3 is 9.80 Å². The SMILES string of the molecule is O=C1N(Cc2ccc(N3CCCC3)nc2)CC(c2cccc(C(F)(F)F)c2)N1c1ccc(Cl)cc1. The number of aromatic nitrogens is 1. The predicted octanol–water partition coefficient (Wildman–Crippen LogP) is 6.54. The van der Waals surface area contributed by atoms with Crippen LogP contribution in [0.5, 0.6) is 0 Å². The van der Waals surface area contributed by atoms with E-state index in [2.05, 4.69) is 9.88 Å². The number of rotatable bonds is 5. The van der Waals surface area contributed by atoms with Gasteiger partial charge in [-0.25, -0.2) is 9.78 Å². The number of carbonyl (C=O) groups is 1. The second kappa shape index (κ2) is 9.41. The Kier molecular flexibility index (Phi) is 6.32. The molecule has 0 aliphatic carbocycles. The topological polar surface area (TPSA) is 39.7 Å². The smallest absolute Gasteiger partial charge is 0.357 e. The second-order valence-electron chi connectivity index (χ2n) is 8.87. The van der Waals surface area contributed by atoms with Gasteiger partial charge in [0.05, 0.1) is 11.6 Å². The number of urea groups is 1. The Morgan fingerprint density at radius 3 is 2.40 bits per heavy atom. The van der Waals surface area contributed by atoms with Gasteiger partial charge in [-0.2, -0.15) is 13.2 Å². The number of alkyl halides is 3. The number of hydrogen-bond acceptors (Lipinski definition) is 3. The number of anilines is 2. The molecule has 182 valence electrons. The molecule has 1 atom stereocenters. The van der Waals surface area contributed by atoms with E-state index in [1.165, 1.54) is 11.0 Å². The van der Waals surface area contributed by atoms with Crippen molar-refractivity contribution in [2.24, 2.45) is 0 Å². The van der Waals surface area contributed by atoms with Crippen molar-refractivity contribution in [3.63, 3.8) is 0 Å². The molecule has 2 saturated heterocycles. The maximum absolute atomic E-state index is 13.5. The molecule has 0 bridgehead atoms. The summed E-state index contributed by atoms with van der Waals surface area (Å²) in [6.07, 6.45) is -0.385. The molecule has 0 saturated carbocycles. The van der Waals surface area contributed by atoms with Crippen molar-refractivity contribution in [1.82, 2.24) is 9.88 Å². The lowest BCUT2D eigenvalue weighted by atomic mass is 10.0. The van der Waals surface area contributed by atoms with E-state index < -0.39 is 17.8 Å². The van der Waals surface area contributed by atoms with Gasteiger partial charge in [-0.3, -0.25) is 4.90 Å². The molecule has 1 unspecified atom stereocenters. The molecule has 2 aliphatic rings. The standard InChI is InChI=1S/C26H24ClF3N4O/c27-21-7-9-22(10-8-21)34-23(19-4-3-5-20(14-19)26(28,29)30)17-33(25(34)35)16-18-6-11-24(31-15-18)32-12-1-2-13-32/h3-11,14-15,23H,1-2,12-13,16-17H2. The Labute approximate surface area is 206 Å². The normalized spacial score (nSPS) is 18.6. The van der Waals surface area contributed by atoms with Crippen LogP contribution in [-0.2, 0) is 12.7 Å². The number of nitrogens with zero attached hydrogens (tertiary/aromatic N) is 4.